The van der Waals surface area contributed by atoms with Gasteiger partial charge in [0.2, 0.25) is 5.91 Å². The van der Waals surface area contributed by atoms with Crippen molar-refractivity contribution in [3.05, 3.63) is 0 Å². The quantitative estimate of drug-likeness (QED) is 0.716. The van der Waals surface area contributed by atoms with Gasteiger partial charge in [-0.3, -0.25) is 9.59 Å². The topological polar surface area (TPSA) is 86.6 Å². The first-order chi connectivity index (χ1) is 8.73. The molecule has 5 nitrogen and oxygen atoms in total. The summed E-state index contributed by atoms with van der Waals surface area (Å²) < 4.78 is 36.2. The number of carbonyl (C=O) groups excluding carboxylic acids is 1. The van der Waals surface area contributed by atoms with E-state index in [4.69, 9.17) is 10.2 Å². The van der Waals surface area contributed by atoms with E-state index in [0.717, 1.165) is 0 Å². The highest BCUT2D eigenvalue weighted by Gasteiger charge is 2.40. The summed E-state index contributed by atoms with van der Waals surface area (Å²) in [6, 6.07) is 0. The molecular weight excluding hydrogens is 267 g/mol. The fraction of sp³-hybridized carbons (Fsp3) is 0.818. The van der Waals surface area contributed by atoms with E-state index < -0.39 is 42.5 Å². The van der Waals surface area contributed by atoms with Gasteiger partial charge in [0.15, 0.2) is 6.10 Å². The molecule has 0 bridgehead atoms. The van der Waals surface area contributed by atoms with Crippen LogP contribution in [-0.4, -0.2) is 40.9 Å². The Kier molecular flexibility index (Phi) is 5.16. The fourth-order valence-electron chi connectivity index (χ4n) is 2.18. The van der Waals surface area contributed by atoms with E-state index in [1.165, 1.54) is 0 Å². The molecule has 0 spiro atoms. The van der Waals surface area contributed by atoms with Gasteiger partial charge in [-0.2, -0.15) is 13.2 Å². The molecule has 1 unspecified atom stereocenters. The first kappa shape index (κ1) is 15.7. The molecule has 0 aromatic rings. The first-order valence-electron chi connectivity index (χ1n) is 5.98. The number of hydrogen-bond acceptors (Lipinski definition) is 3. The number of hydrogen-bond donors (Lipinski definition) is 3. The Hall–Kier alpha value is -1.31. The molecule has 0 aromatic carbocycles. The predicted molar refractivity (Wildman–Crippen MR) is 58.2 cm³/mol. The van der Waals surface area contributed by atoms with Gasteiger partial charge in [0.05, 0.1) is 18.4 Å². The van der Waals surface area contributed by atoms with Gasteiger partial charge in [-0.05, 0) is 12.8 Å². The average molecular weight is 283 g/mol. The maximum atomic E-state index is 12.1. The van der Waals surface area contributed by atoms with Crippen molar-refractivity contribution >= 4 is 11.9 Å². The minimum Gasteiger partial charge on any atom is -0.481 e. The molecule has 0 aromatic heterocycles. The predicted octanol–water partition coefficient (Wildman–Crippen LogP) is 0.917. The summed E-state index contributed by atoms with van der Waals surface area (Å²) in [6.45, 7) is -0.953. The van der Waals surface area contributed by atoms with Gasteiger partial charge >= 0.3 is 12.1 Å². The molecule has 1 aliphatic rings. The zero-order valence-electron chi connectivity index (χ0n) is 10.1. The summed E-state index contributed by atoms with van der Waals surface area (Å²) in [5.41, 5.74) is 0. The minimum atomic E-state index is -4.80. The lowest BCUT2D eigenvalue weighted by Gasteiger charge is -2.28. The second-order valence-corrected chi connectivity index (χ2v) is 4.64. The molecule has 1 aliphatic carbocycles. The largest absolute Gasteiger partial charge is 0.481 e. The zero-order valence-corrected chi connectivity index (χ0v) is 10.1. The molecular formula is C11H16F3NO4. The van der Waals surface area contributed by atoms with Gasteiger partial charge < -0.3 is 15.5 Å². The molecule has 1 fully saturated rings. The molecule has 3 atom stereocenters. The van der Waals surface area contributed by atoms with Gasteiger partial charge in [0.25, 0.3) is 0 Å². The molecule has 1 saturated carbocycles. The second-order valence-electron chi connectivity index (χ2n) is 4.64. The van der Waals surface area contributed by atoms with Crippen molar-refractivity contribution in [1.29, 1.82) is 0 Å². The molecule has 1 amide bonds. The summed E-state index contributed by atoms with van der Waals surface area (Å²) in [4.78, 5) is 22.6. The van der Waals surface area contributed by atoms with Crippen LogP contribution in [0.25, 0.3) is 0 Å². The Bertz CT molecular complexity index is 345. The molecule has 19 heavy (non-hydrogen) atoms. The van der Waals surface area contributed by atoms with Crippen LogP contribution in [0.5, 0.6) is 0 Å². The van der Waals surface area contributed by atoms with Crippen molar-refractivity contribution in [1.82, 2.24) is 5.32 Å². The summed E-state index contributed by atoms with van der Waals surface area (Å²) in [7, 11) is 0. The van der Waals surface area contributed by atoms with Crippen LogP contribution in [0.2, 0.25) is 0 Å². The second kappa shape index (κ2) is 6.23. The fourth-order valence-corrected chi connectivity index (χ4v) is 2.18. The van der Waals surface area contributed by atoms with E-state index in [1.54, 1.807) is 0 Å². The summed E-state index contributed by atoms with van der Waals surface area (Å²) >= 11 is 0. The Morgan fingerprint density at radius 1 is 1.21 bits per heavy atom. The molecule has 0 radical (unpaired) electrons. The van der Waals surface area contributed by atoms with Crippen molar-refractivity contribution in [3.63, 3.8) is 0 Å². The number of carboxylic acids is 1. The van der Waals surface area contributed by atoms with E-state index in [0.29, 0.717) is 25.7 Å². The summed E-state index contributed by atoms with van der Waals surface area (Å²) in [5, 5.41) is 19.7. The van der Waals surface area contributed by atoms with Crippen LogP contribution in [0.3, 0.4) is 0 Å². The monoisotopic (exact) mass is 283 g/mol. The number of aliphatic hydroxyl groups is 1. The lowest BCUT2D eigenvalue weighted by atomic mass is 9.78. The van der Waals surface area contributed by atoms with E-state index in [2.05, 4.69) is 0 Å². The molecule has 1 rings (SSSR count). The number of nitrogens with one attached hydrogen (secondary N) is 1. The highest BCUT2D eigenvalue weighted by atomic mass is 19.4. The highest BCUT2D eigenvalue weighted by Crippen LogP contribution is 2.30. The molecule has 8 heteroatoms. The Labute approximate surface area is 107 Å². The SMILES string of the molecule is O=C(O)[C@H]1CCCC[C@H]1C(=O)NCC(O)C(F)(F)F. The number of carboxylic acid groups (broad SMARTS) is 1. The molecule has 110 valence electrons. The number of halogens is 3. The normalized spacial score (nSPS) is 25.7. The Balaban J connectivity index is 2.54. The van der Waals surface area contributed by atoms with E-state index >= 15 is 0 Å². The lowest BCUT2D eigenvalue weighted by Crippen LogP contribution is -2.45. The Morgan fingerprint density at radius 2 is 1.74 bits per heavy atom. The zero-order chi connectivity index (χ0) is 14.6. The standard InChI is InChI=1S/C11H16F3NO4/c12-11(13,14)8(16)5-15-9(17)6-3-1-2-4-7(6)10(18)19/h6-8,16H,1-5H2,(H,15,17)(H,18,19)/t6-,7+,8?/m1/s1. The first-order valence-corrected chi connectivity index (χ1v) is 5.98. The maximum Gasteiger partial charge on any atom is 0.416 e. The van der Waals surface area contributed by atoms with E-state index in [1.807, 2.05) is 5.32 Å². The number of rotatable bonds is 4. The van der Waals surface area contributed by atoms with Crippen molar-refractivity contribution in [2.24, 2.45) is 11.8 Å². The van der Waals surface area contributed by atoms with Crippen molar-refractivity contribution < 1.29 is 33.0 Å². The van der Waals surface area contributed by atoms with Crippen LogP contribution in [0, 0.1) is 11.8 Å². The molecule has 0 aliphatic heterocycles. The van der Waals surface area contributed by atoms with Crippen LogP contribution in [0.15, 0.2) is 0 Å². The van der Waals surface area contributed by atoms with Gasteiger partial charge in [0.1, 0.15) is 0 Å². The third-order valence-corrected chi connectivity index (χ3v) is 3.27. The number of carbonyl (C=O) groups is 2. The van der Waals surface area contributed by atoms with E-state index in [9.17, 15) is 22.8 Å². The smallest absolute Gasteiger partial charge is 0.416 e. The third-order valence-electron chi connectivity index (χ3n) is 3.27. The molecule has 3 N–H and O–H groups in total. The minimum absolute atomic E-state index is 0.338. The molecule has 0 heterocycles. The van der Waals surface area contributed by atoms with Crippen molar-refractivity contribution in [2.75, 3.05) is 6.54 Å². The van der Waals surface area contributed by atoms with E-state index in [-0.39, 0.29) is 0 Å². The Morgan fingerprint density at radius 3 is 2.21 bits per heavy atom. The van der Waals surface area contributed by atoms with Gasteiger partial charge in [0, 0.05) is 0 Å². The van der Waals surface area contributed by atoms with Crippen molar-refractivity contribution in [2.45, 2.75) is 38.0 Å². The van der Waals surface area contributed by atoms with Crippen LogP contribution in [-0.2, 0) is 9.59 Å². The summed E-state index contributed by atoms with van der Waals surface area (Å²) in [6.07, 6.45) is -5.40. The number of alkyl halides is 3. The number of aliphatic hydroxyl groups excluding tert-OH is 1. The van der Waals surface area contributed by atoms with Gasteiger partial charge in [-0.15, -0.1) is 0 Å². The lowest BCUT2D eigenvalue weighted by molar-refractivity contribution is -0.202. The molecule has 0 saturated heterocycles. The number of amides is 1. The average Bonchev–Trinajstić information content (AvgIpc) is 2.34. The van der Waals surface area contributed by atoms with Crippen LogP contribution >= 0.6 is 0 Å². The third kappa shape index (κ3) is 4.38. The van der Waals surface area contributed by atoms with Crippen LogP contribution < -0.4 is 5.32 Å². The number of aliphatic carboxylic acids is 1. The maximum absolute atomic E-state index is 12.1. The van der Waals surface area contributed by atoms with Gasteiger partial charge in [-0.1, -0.05) is 12.8 Å². The van der Waals surface area contributed by atoms with Crippen LogP contribution in [0.4, 0.5) is 13.2 Å². The van der Waals surface area contributed by atoms with Gasteiger partial charge in [-0.25, -0.2) is 0 Å². The summed E-state index contributed by atoms with van der Waals surface area (Å²) in [5.74, 6) is -3.55. The highest BCUT2D eigenvalue weighted by molar-refractivity contribution is 5.84. The van der Waals surface area contributed by atoms with Crippen molar-refractivity contribution in [3.8, 4) is 0 Å². The van der Waals surface area contributed by atoms with Crippen LogP contribution in [0.1, 0.15) is 25.7 Å².